The van der Waals surface area contributed by atoms with E-state index in [0.717, 1.165) is 28.2 Å². The van der Waals surface area contributed by atoms with E-state index >= 15 is 0 Å². The van der Waals surface area contributed by atoms with E-state index in [0.29, 0.717) is 19.0 Å². The Hall–Kier alpha value is -3.19. The van der Waals surface area contributed by atoms with Gasteiger partial charge in [-0.25, -0.2) is 0 Å². The molecule has 0 fully saturated rings. The molecule has 1 aromatic carbocycles. The monoisotopic (exact) mass is 465 g/mol. The molecule has 174 valence electrons. The van der Waals surface area contributed by atoms with Gasteiger partial charge in [0.1, 0.15) is 11.8 Å². The lowest BCUT2D eigenvalue weighted by Crippen LogP contribution is -2.44. The minimum atomic E-state index is -0.725. The van der Waals surface area contributed by atoms with Crippen LogP contribution in [0.15, 0.2) is 66.3 Å². The Morgan fingerprint density at radius 3 is 2.42 bits per heavy atom. The number of amides is 2. The highest BCUT2D eigenvalue weighted by molar-refractivity contribution is 7.10. The first kappa shape index (κ1) is 24.5. The normalized spacial score (nSPS) is 11.8. The third-order valence-corrected chi connectivity index (χ3v) is 6.26. The van der Waals surface area contributed by atoms with Crippen LogP contribution >= 0.6 is 11.3 Å². The van der Waals surface area contributed by atoms with Crippen molar-refractivity contribution < 1.29 is 14.3 Å². The molecule has 3 aromatic rings. The largest absolute Gasteiger partial charge is 0.497 e. The number of nitrogens with one attached hydrogen (secondary N) is 1. The van der Waals surface area contributed by atoms with E-state index in [1.165, 1.54) is 0 Å². The van der Waals surface area contributed by atoms with Crippen molar-refractivity contribution >= 4 is 23.2 Å². The van der Waals surface area contributed by atoms with E-state index in [-0.39, 0.29) is 18.2 Å². The summed E-state index contributed by atoms with van der Waals surface area (Å²) < 4.78 is 5.20. The van der Waals surface area contributed by atoms with Crippen LogP contribution in [-0.2, 0) is 22.6 Å². The second-order valence-corrected chi connectivity index (χ2v) is 9.31. The lowest BCUT2D eigenvalue weighted by molar-refractivity contribution is -0.140. The average molecular weight is 466 g/mol. The number of hydrogen-bond donors (Lipinski definition) is 1. The van der Waals surface area contributed by atoms with Crippen LogP contribution < -0.4 is 10.1 Å². The molecule has 1 unspecified atom stereocenters. The topological polar surface area (TPSA) is 71.5 Å². The van der Waals surface area contributed by atoms with Crippen LogP contribution in [0.25, 0.3) is 0 Å². The van der Waals surface area contributed by atoms with Crippen molar-refractivity contribution in [3.05, 3.63) is 82.3 Å². The summed E-state index contributed by atoms with van der Waals surface area (Å²) in [6.07, 6.45) is 4.40. The lowest BCUT2D eigenvalue weighted by Gasteiger charge is -2.32. The Morgan fingerprint density at radius 1 is 1.09 bits per heavy atom. The molecule has 6 nitrogen and oxygen atoms in total. The summed E-state index contributed by atoms with van der Waals surface area (Å²) in [7, 11) is 1.62. The van der Waals surface area contributed by atoms with Gasteiger partial charge in [-0.2, -0.15) is 0 Å². The van der Waals surface area contributed by atoms with Crippen molar-refractivity contribution in [1.29, 1.82) is 0 Å². The molecule has 0 aliphatic heterocycles. The highest BCUT2D eigenvalue weighted by Crippen LogP contribution is 2.24. The molecule has 33 heavy (non-hydrogen) atoms. The molecule has 0 aliphatic rings. The number of carbonyl (C=O) groups excluding carboxylic acids is 2. The summed E-state index contributed by atoms with van der Waals surface area (Å²) in [6, 6.07) is 14.3. The summed E-state index contributed by atoms with van der Waals surface area (Å²) in [4.78, 5) is 33.7. The molecule has 2 heterocycles. The zero-order chi connectivity index (χ0) is 23.6. The van der Waals surface area contributed by atoms with Gasteiger partial charge in [0.25, 0.3) is 0 Å². The summed E-state index contributed by atoms with van der Waals surface area (Å²) in [5.74, 6) is 0.904. The molecule has 0 radical (unpaired) electrons. The standard InChI is InChI=1S/C26H31N3O3S/c1-19(2)12-15-29(24(30)17-23-5-4-16-33-23)25(21-10-13-27-14-11-21)26(31)28-18-20-6-8-22(32-3)9-7-20/h4-11,13-14,16,19,25H,12,15,17-18H2,1-3H3,(H,28,31). The van der Waals surface area contributed by atoms with E-state index in [2.05, 4.69) is 24.1 Å². The zero-order valence-corrected chi connectivity index (χ0v) is 20.2. The van der Waals surface area contributed by atoms with Crippen molar-refractivity contribution in [3.8, 4) is 5.75 Å². The maximum absolute atomic E-state index is 13.5. The van der Waals surface area contributed by atoms with Crippen molar-refractivity contribution in [2.24, 2.45) is 5.92 Å². The van der Waals surface area contributed by atoms with E-state index in [1.807, 2.05) is 41.8 Å². The number of carbonyl (C=O) groups is 2. The summed E-state index contributed by atoms with van der Waals surface area (Å²) in [6.45, 7) is 5.10. The van der Waals surface area contributed by atoms with Gasteiger partial charge in [-0.15, -0.1) is 11.3 Å². The first-order valence-electron chi connectivity index (χ1n) is 11.1. The fraction of sp³-hybridized carbons (Fsp3) is 0.346. The van der Waals surface area contributed by atoms with E-state index in [1.54, 1.807) is 47.9 Å². The fourth-order valence-electron chi connectivity index (χ4n) is 3.51. The van der Waals surface area contributed by atoms with Crippen LogP contribution in [0.4, 0.5) is 0 Å². The van der Waals surface area contributed by atoms with Crippen LogP contribution in [0.5, 0.6) is 5.75 Å². The first-order valence-corrected chi connectivity index (χ1v) is 12.0. The summed E-state index contributed by atoms with van der Waals surface area (Å²) >= 11 is 1.55. The molecule has 2 amide bonds. The smallest absolute Gasteiger partial charge is 0.247 e. The van der Waals surface area contributed by atoms with Crippen LogP contribution in [0.2, 0.25) is 0 Å². The molecule has 0 bridgehead atoms. The minimum Gasteiger partial charge on any atom is -0.497 e. The van der Waals surface area contributed by atoms with Crippen LogP contribution in [0, 0.1) is 5.92 Å². The van der Waals surface area contributed by atoms with Gasteiger partial charge in [0.05, 0.1) is 13.5 Å². The van der Waals surface area contributed by atoms with Crippen molar-refractivity contribution in [1.82, 2.24) is 15.2 Å². The van der Waals surface area contributed by atoms with Crippen LogP contribution in [0.3, 0.4) is 0 Å². The summed E-state index contributed by atoms with van der Waals surface area (Å²) in [5, 5.41) is 4.99. The first-order chi connectivity index (χ1) is 16.0. The Kier molecular flexibility index (Phi) is 9.01. The predicted molar refractivity (Wildman–Crippen MR) is 131 cm³/mol. The minimum absolute atomic E-state index is 0.0560. The molecule has 3 rings (SSSR count). The number of hydrogen-bond acceptors (Lipinski definition) is 5. The fourth-order valence-corrected chi connectivity index (χ4v) is 4.20. The number of ether oxygens (including phenoxy) is 1. The molecule has 1 N–H and O–H groups in total. The van der Waals surface area contributed by atoms with Gasteiger partial charge >= 0.3 is 0 Å². The molecule has 7 heteroatoms. The molecular weight excluding hydrogens is 434 g/mol. The van der Waals surface area contributed by atoms with Crippen molar-refractivity contribution in [2.45, 2.75) is 39.3 Å². The second-order valence-electron chi connectivity index (χ2n) is 8.27. The van der Waals surface area contributed by atoms with Crippen LogP contribution in [0.1, 0.15) is 42.3 Å². The number of methoxy groups -OCH3 is 1. The maximum Gasteiger partial charge on any atom is 0.247 e. The molecule has 0 saturated carbocycles. The molecule has 2 aromatic heterocycles. The third kappa shape index (κ3) is 7.15. The maximum atomic E-state index is 13.5. The van der Waals surface area contributed by atoms with Gasteiger partial charge in [-0.1, -0.05) is 32.0 Å². The Balaban J connectivity index is 1.84. The van der Waals surface area contributed by atoms with Gasteiger partial charge in [0, 0.05) is 30.4 Å². The van der Waals surface area contributed by atoms with Gasteiger partial charge in [-0.3, -0.25) is 14.6 Å². The van der Waals surface area contributed by atoms with Gasteiger partial charge in [0.2, 0.25) is 11.8 Å². The average Bonchev–Trinajstić information content (AvgIpc) is 3.34. The van der Waals surface area contributed by atoms with E-state index in [4.69, 9.17) is 4.74 Å². The van der Waals surface area contributed by atoms with Gasteiger partial charge < -0.3 is 15.0 Å². The Labute approximate surface area is 199 Å². The molecular formula is C26H31N3O3S. The number of benzene rings is 1. The number of nitrogens with zero attached hydrogens (tertiary/aromatic N) is 2. The highest BCUT2D eigenvalue weighted by atomic mass is 32.1. The third-order valence-electron chi connectivity index (χ3n) is 5.38. The molecule has 0 saturated heterocycles. The lowest BCUT2D eigenvalue weighted by atomic mass is 10.0. The number of pyridine rings is 1. The Morgan fingerprint density at radius 2 is 1.82 bits per heavy atom. The number of thiophene rings is 1. The van der Waals surface area contributed by atoms with Crippen molar-refractivity contribution in [2.75, 3.05) is 13.7 Å². The quantitative estimate of drug-likeness (QED) is 0.448. The van der Waals surface area contributed by atoms with Crippen molar-refractivity contribution in [3.63, 3.8) is 0 Å². The molecule has 1 atom stereocenters. The zero-order valence-electron chi connectivity index (χ0n) is 19.4. The van der Waals surface area contributed by atoms with E-state index < -0.39 is 6.04 Å². The molecule has 0 spiro atoms. The second kappa shape index (κ2) is 12.2. The molecule has 0 aliphatic carbocycles. The Bertz CT molecular complexity index is 1010. The van der Waals surface area contributed by atoms with Crippen LogP contribution in [-0.4, -0.2) is 35.4 Å². The predicted octanol–water partition coefficient (Wildman–Crippen LogP) is 4.63. The number of aromatic nitrogens is 1. The van der Waals surface area contributed by atoms with E-state index in [9.17, 15) is 9.59 Å². The SMILES string of the molecule is COc1ccc(CNC(=O)C(c2ccncc2)N(CCC(C)C)C(=O)Cc2cccs2)cc1. The van der Waals surface area contributed by atoms with Gasteiger partial charge in [0.15, 0.2) is 0 Å². The highest BCUT2D eigenvalue weighted by Gasteiger charge is 2.31. The van der Waals surface area contributed by atoms with Gasteiger partial charge in [-0.05, 0) is 59.2 Å². The summed E-state index contributed by atoms with van der Waals surface area (Å²) in [5.41, 5.74) is 1.71. The number of rotatable bonds is 11.